The first-order valence-electron chi connectivity index (χ1n) is 4.18. The fourth-order valence-corrected chi connectivity index (χ4v) is 1.46. The summed E-state index contributed by atoms with van der Waals surface area (Å²) in [6.07, 6.45) is 6.26. The molecule has 0 amide bonds. The monoisotopic (exact) mass is 142 g/mol. The zero-order valence-electron chi connectivity index (χ0n) is 6.21. The number of hydrogen-bond acceptors (Lipinski definition) is 2. The summed E-state index contributed by atoms with van der Waals surface area (Å²) in [5.74, 6) is 0. The molecule has 2 heteroatoms. The Morgan fingerprint density at radius 3 is 2.60 bits per heavy atom. The van der Waals surface area contributed by atoms with Gasteiger partial charge in [-0.25, -0.2) is 0 Å². The molecule has 1 saturated carbocycles. The van der Waals surface area contributed by atoms with Gasteiger partial charge in [0.1, 0.15) is 6.10 Å². The van der Waals surface area contributed by atoms with Crippen molar-refractivity contribution in [2.75, 3.05) is 13.2 Å². The van der Waals surface area contributed by atoms with Crippen LogP contribution in [0.3, 0.4) is 0 Å². The summed E-state index contributed by atoms with van der Waals surface area (Å²) in [4.78, 5) is 0. The molecule has 0 N–H and O–H groups in total. The summed E-state index contributed by atoms with van der Waals surface area (Å²) in [5, 5.41) is 0. The van der Waals surface area contributed by atoms with E-state index in [9.17, 15) is 0 Å². The Bertz CT molecular complexity index is 104. The lowest BCUT2D eigenvalue weighted by atomic mass is 10.3. The average molecular weight is 142 g/mol. The molecule has 2 aliphatic rings. The highest BCUT2D eigenvalue weighted by Crippen LogP contribution is 2.22. The SMILES string of the molecule is C1CCC(OCC2CO2)C1. The van der Waals surface area contributed by atoms with Crippen LogP contribution in [0.4, 0.5) is 0 Å². The summed E-state index contributed by atoms with van der Waals surface area (Å²) in [5.41, 5.74) is 0. The Balaban J connectivity index is 1.59. The maximum absolute atomic E-state index is 5.60. The van der Waals surface area contributed by atoms with Crippen LogP contribution in [0.25, 0.3) is 0 Å². The van der Waals surface area contributed by atoms with Crippen molar-refractivity contribution in [1.82, 2.24) is 0 Å². The van der Waals surface area contributed by atoms with Crippen LogP contribution in [0.5, 0.6) is 0 Å². The Morgan fingerprint density at radius 1 is 1.30 bits per heavy atom. The van der Waals surface area contributed by atoms with E-state index in [1.807, 2.05) is 0 Å². The fraction of sp³-hybridized carbons (Fsp3) is 1.00. The van der Waals surface area contributed by atoms with Gasteiger partial charge in [0.25, 0.3) is 0 Å². The largest absolute Gasteiger partial charge is 0.375 e. The molecule has 0 spiro atoms. The van der Waals surface area contributed by atoms with Crippen LogP contribution in [-0.2, 0) is 9.47 Å². The summed E-state index contributed by atoms with van der Waals surface area (Å²) in [6.45, 7) is 1.76. The second-order valence-electron chi connectivity index (χ2n) is 3.20. The lowest BCUT2D eigenvalue weighted by Gasteiger charge is -2.08. The maximum atomic E-state index is 5.60. The highest BCUT2D eigenvalue weighted by molar-refractivity contribution is 4.71. The van der Waals surface area contributed by atoms with Crippen molar-refractivity contribution < 1.29 is 9.47 Å². The molecule has 2 fully saturated rings. The van der Waals surface area contributed by atoms with Crippen LogP contribution in [0.2, 0.25) is 0 Å². The minimum Gasteiger partial charge on any atom is -0.375 e. The van der Waals surface area contributed by atoms with Crippen molar-refractivity contribution in [3.63, 3.8) is 0 Å². The molecule has 0 aromatic heterocycles. The normalized spacial score (nSPS) is 33.0. The second-order valence-corrected chi connectivity index (χ2v) is 3.20. The van der Waals surface area contributed by atoms with Gasteiger partial charge in [-0.1, -0.05) is 12.8 Å². The number of epoxide rings is 1. The number of hydrogen-bond donors (Lipinski definition) is 0. The third-order valence-electron chi connectivity index (χ3n) is 2.22. The van der Waals surface area contributed by atoms with Gasteiger partial charge in [0.05, 0.1) is 19.3 Å². The lowest BCUT2D eigenvalue weighted by molar-refractivity contribution is 0.0475. The zero-order valence-corrected chi connectivity index (χ0v) is 6.21. The van der Waals surface area contributed by atoms with Crippen molar-refractivity contribution in [3.05, 3.63) is 0 Å². The van der Waals surface area contributed by atoms with Crippen molar-refractivity contribution in [2.45, 2.75) is 37.9 Å². The van der Waals surface area contributed by atoms with Crippen LogP contribution in [0.1, 0.15) is 25.7 Å². The van der Waals surface area contributed by atoms with E-state index in [1.54, 1.807) is 0 Å². The minimum atomic E-state index is 0.445. The Morgan fingerprint density at radius 2 is 2.00 bits per heavy atom. The van der Waals surface area contributed by atoms with Gasteiger partial charge in [-0.2, -0.15) is 0 Å². The van der Waals surface area contributed by atoms with Gasteiger partial charge in [0.15, 0.2) is 0 Å². The predicted octanol–water partition coefficient (Wildman–Crippen LogP) is 1.34. The third kappa shape index (κ3) is 1.70. The van der Waals surface area contributed by atoms with E-state index >= 15 is 0 Å². The van der Waals surface area contributed by atoms with Gasteiger partial charge in [-0.15, -0.1) is 0 Å². The van der Waals surface area contributed by atoms with Crippen LogP contribution in [0, 0.1) is 0 Å². The first kappa shape index (κ1) is 6.62. The highest BCUT2D eigenvalue weighted by atomic mass is 16.6. The molecule has 1 unspecified atom stereocenters. The molecule has 1 heterocycles. The standard InChI is InChI=1S/C8H14O2/c1-2-4-7(3-1)9-5-8-6-10-8/h7-8H,1-6H2. The first-order valence-corrected chi connectivity index (χ1v) is 4.18. The second kappa shape index (κ2) is 2.89. The average Bonchev–Trinajstić information content (AvgIpc) is 2.63. The van der Waals surface area contributed by atoms with Gasteiger partial charge in [0, 0.05) is 0 Å². The number of ether oxygens (including phenoxy) is 2. The van der Waals surface area contributed by atoms with Gasteiger partial charge in [-0.3, -0.25) is 0 Å². The molecule has 2 rings (SSSR count). The molecule has 1 aliphatic carbocycles. The molecule has 1 atom stereocenters. The molecular weight excluding hydrogens is 128 g/mol. The molecule has 0 aromatic rings. The van der Waals surface area contributed by atoms with Gasteiger partial charge >= 0.3 is 0 Å². The quantitative estimate of drug-likeness (QED) is 0.555. The van der Waals surface area contributed by atoms with E-state index < -0.39 is 0 Å². The van der Waals surface area contributed by atoms with Crippen molar-refractivity contribution in [2.24, 2.45) is 0 Å². The van der Waals surface area contributed by atoms with Crippen LogP contribution in [-0.4, -0.2) is 25.4 Å². The molecular formula is C8H14O2. The molecule has 1 aliphatic heterocycles. The van der Waals surface area contributed by atoms with E-state index in [4.69, 9.17) is 9.47 Å². The summed E-state index contributed by atoms with van der Waals surface area (Å²) < 4.78 is 10.6. The Hall–Kier alpha value is -0.0800. The molecule has 58 valence electrons. The Labute approximate surface area is 61.5 Å². The zero-order chi connectivity index (χ0) is 6.81. The van der Waals surface area contributed by atoms with Crippen molar-refractivity contribution in [1.29, 1.82) is 0 Å². The van der Waals surface area contributed by atoms with E-state index in [0.717, 1.165) is 13.2 Å². The predicted molar refractivity (Wildman–Crippen MR) is 37.9 cm³/mol. The van der Waals surface area contributed by atoms with Crippen LogP contribution < -0.4 is 0 Å². The molecule has 0 radical (unpaired) electrons. The third-order valence-corrected chi connectivity index (χ3v) is 2.22. The smallest absolute Gasteiger partial charge is 0.104 e. The highest BCUT2D eigenvalue weighted by Gasteiger charge is 2.25. The van der Waals surface area contributed by atoms with Gasteiger partial charge in [0.2, 0.25) is 0 Å². The van der Waals surface area contributed by atoms with E-state index in [0.29, 0.717) is 12.2 Å². The fourth-order valence-electron chi connectivity index (χ4n) is 1.46. The topological polar surface area (TPSA) is 21.8 Å². The van der Waals surface area contributed by atoms with E-state index in [1.165, 1.54) is 25.7 Å². The van der Waals surface area contributed by atoms with Gasteiger partial charge < -0.3 is 9.47 Å². The van der Waals surface area contributed by atoms with Gasteiger partial charge in [-0.05, 0) is 12.8 Å². The van der Waals surface area contributed by atoms with Crippen molar-refractivity contribution >= 4 is 0 Å². The molecule has 10 heavy (non-hydrogen) atoms. The van der Waals surface area contributed by atoms with Crippen LogP contribution in [0.15, 0.2) is 0 Å². The summed E-state index contributed by atoms with van der Waals surface area (Å²) in [6, 6.07) is 0. The van der Waals surface area contributed by atoms with Crippen LogP contribution >= 0.6 is 0 Å². The molecule has 0 bridgehead atoms. The minimum absolute atomic E-state index is 0.445. The molecule has 1 saturated heterocycles. The van der Waals surface area contributed by atoms with Crippen molar-refractivity contribution in [3.8, 4) is 0 Å². The molecule has 0 aromatic carbocycles. The Kier molecular flexibility index (Phi) is 1.91. The van der Waals surface area contributed by atoms with E-state index in [2.05, 4.69) is 0 Å². The number of rotatable bonds is 3. The van der Waals surface area contributed by atoms with E-state index in [-0.39, 0.29) is 0 Å². The lowest BCUT2D eigenvalue weighted by Crippen LogP contribution is -2.11. The maximum Gasteiger partial charge on any atom is 0.104 e. The summed E-state index contributed by atoms with van der Waals surface area (Å²) in [7, 11) is 0. The summed E-state index contributed by atoms with van der Waals surface area (Å²) >= 11 is 0. The molecule has 2 nitrogen and oxygen atoms in total. The first-order chi connectivity index (χ1) is 4.95.